The Balaban J connectivity index is 2.08. The molecule has 1 atom stereocenters. The molecule has 0 bridgehead atoms. The predicted octanol–water partition coefficient (Wildman–Crippen LogP) is -0.311. The zero-order valence-corrected chi connectivity index (χ0v) is 10.7. The molecule has 0 saturated heterocycles. The lowest BCUT2D eigenvalue weighted by Gasteiger charge is -2.20. The lowest BCUT2D eigenvalue weighted by molar-refractivity contribution is -0.119. The van der Waals surface area contributed by atoms with Crippen molar-refractivity contribution < 1.29 is 19.5 Å². The van der Waals surface area contributed by atoms with Crippen LogP contribution < -0.4 is 15.8 Å². The van der Waals surface area contributed by atoms with E-state index >= 15 is 0 Å². The Bertz CT molecular complexity index is 580. The maximum atomic E-state index is 11.6. The van der Waals surface area contributed by atoms with Crippen LogP contribution in [0.25, 0.3) is 0 Å². The molecule has 0 spiro atoms. The zero-order valence-electron chi connectivity index (χ0n) is 10.7. The van der Waals surface area contributed by atoms with E-state index in [9.17, 15) is 19.5 Å². The topological polar surface area (TPSA) is 98.7 Å². The minimum absolute atomic E-state index is 0.316. The highest BCUT2D eigenvalue weighted by Crippen LogP contribution is 2.21. The molecule has 1 aromatic rings. The molecule has 2 rings (SSSR count). The normalized spacial score (nSPS) is 17.2. The van der Waals surface area contributed by atoms with Gasteiger partial charge in [0.1, 0.15) is 0 Å². The molecule has 0 aromatic heterocycles. The SMILES string of the molecule is CC(=O)NNC(=O)c1ccc(N2C(=O)C=CC2O)cc1. The second kappa shape index (κ2) is 5.54. The summed E-state index contributed by atoms with van der Waals surface area (Å²) in [4.78, 5) is 35.0. The molecule has 0 aliphatic carbocycles. The molecule has 1 unspecified atom stereocenters. The van der Waals surface area contributed by atoms with Crippen LogP contribution in [0.3, 0.4) is 0 Å². The fourth-order valence-electron chi connectivity index (χ4n) is 1.74. The first-order valence-corrected chi connectivity index (χ1v) is 5.85. The molecule has 1 aliphatic rings. The number of aliphatic hydroxyl groups is 1. The van der Waals surface area contributed by atoms with Gasteiger partial charge in [-0.15, -0.1) is 0 Å². The molecule has 1 heterocycles. The molecule has 20 heavy (non-hydrogen) atoms. The average Bonchev–Trinajstić information content (AvgIpc) is 2.76. The summed E-state index contributed by atoms with van der Waals surface area (Å²) in [6.45, 7) is 1.27. The van der Waals surface area contributed by atoms with Crippen molar-refractivity contribution in [3.8, 4) is 0 Å². The van der Waals surface area contributed by atoms with E-state index in [1.54, 1.807) is 0 Å². The number of aliphatic hydroxyl groups excluding tert-OH is 1. The Morgan fingerprint density at radius 1 is 1.20 bits per heavy atom. The lowest BCUT2D eigenvalue weighted by atomic mass is 10.2. The van der Waals surface area contributed by atoms with Crippen molar-refractivity contribution in [2.24, 2.45) is 0 Å². The second-order valence-electron chi connectivity index (χ2n) is 4.16. The Labute approximate surface area is 114 Å². The molecule has 0 radical (unpaired) electrons. The highest BCUT2D eigenvalue weighted by Gasteiger charge is 2.25. The molecule has 0 saturated carbocycles. The van der Waals surface area contributed by atoms with Crippen LogP contribution in [-0.4, -0.2) is 29.1 Å². The maximum absolute atomic E-state index is 11.6. The molecular weight excluding hydrogens is 262 g/mol. The van der Waals surface area contributed by atoms with Gasteiger partial charge in [0.2, 0.25) is 5.91 Å². The van der Waals surface area contributed by atoms with Crippen molar-refractivity contribution in [1.29, 1.82) is 0 Å². The first kappa shape index (κ1) is 13.8. The third-order valence-corrected chi connectivity index (χ3v) is 2.67. The highest BCUT2D eigenvalue weighted by atomic mass is 16.3. The largest absolute Gasteiger partial charge is 0.369 e. The summed E-state index contributed by atoms with van der Waals surface area (Å²) in [5.41, 5.74) is 5.19. The van der Waals surface area contributed by atoms with Crippen LogP contribution in [0, 0.1) is 0 Å². The van der Waals surface area contributed by atoms with Gasteiger partial charge in [-0.3, -0.25) is 30.1 Å². The zero-order chi connectivity index (χ0) is 14.7. The minimum atomic E-state index is -0.999. The van der Waals surface area contributed by atoms with Crippen molar-refractivity contribution in [2.75, 3.05) is 4.90 Å². The van der Waals surface area contributed by atoms with Crippen molar-refractivity contribution in [1.82, 2.24) is 10.9 Å². The summed E-state index contributed by atoms with van der Waals surface area (Å²) >= 11 is 0. The van der Waals surface area contributed by atoms with Gasteiger partial charge in [0.25, 0.3) is 11.8 Å². The predicted molar refractivity (Wildman–Crippen MR) is 70.4 cm³/mol. The van der Waals surface area contributed by atoms with Gasteiger partial charge in [0, 0.05) is 24.3 Å². The van der Waals surface area contributed by atoms with Crippen molar-refractivity contribution in [3.05, 3.63) is 42.0 Å². The van der Waals surface area contributed by atoms with Gasteiger partial charge in [0.05, 0.1) is 0 Å². The summed E-state index contributed by atoms with van der Waals surface area (Å²) in [6.07, 6.45) is 1.66. The standard InChI is InChI=1S/C13H13N3O4/c1-8(17)14-15-13(20)9-2-4-10(5-3-9)16-11(18)6-7-12(16)19/h2-7,11,18H,1H3,(H,14,17)(H,15,20). The monoisotopic (exact) mass is 275 g/mol. The van der Waals surface area contributed by atoms with Gasteiger partial charge in [-0.25, -0.2) is 0 Å². The number of carbonyl (C=O) groups is 3. The maximum Gasteiger partial charge on any atom is 0.269 e. The quantitative estimate of drug-likeness (QED) is 0.645. The van der Waals surface area contributed by atoms with Gasteiger partial charge in [-0.1, -0.05) is 0 Å². The average molecular weight is 275 g/mol. The van der Waals surface area contributed by atoms with Gasteiger partial charge < -0.3 is 5.11 Å². The fourth-order valence-corrected chi connectivity index (χ4v) is 1.74. The van der Waals surface area contributed by atoms with E-state index < -0.39 is 12.1 Å². The van der Waals surface area contributed by atoms with Gasteiger partial charge in [0.15, 0.2) is 6.23 Å². The molecule has 3 N–H and O–H groups in total. The van der Waals surface area contributed by atoms with E-state index in [2.05, 4.69) is 10.9 Å². The summed E-state index contributed by atoms with van der Waals surface area (Å²) in [5, 5.41) is 9.63. The molecule has 104 valence electrons. The first-order chi connectivity index (χ1) is 9.49. The summed E-state index contributed by atoms with van der Waals surface area (Å²) in [7, 11) is 0. The van der Waals surface area contributed by atoms with Crippen molar-refractivity contribution in [2.45, 2.75) is 13.2 Å². The number of rotatable bonds is 2. The van der Waals surface area contributed by atoms with Crippen LogP contribution in [-0.2, 0) is 9.59 Å². The van der Waals surface area contributed by atoms with Crippen molar-refractivity contribution >= 4 is 23.4 Å². The number of hydrogen-bond donors (Lipinski definition) is 3. The van der Waals surface area contributed by atoms with E-state index in [-0.39, 0.29) is 11.8 Å². The van der Waals surface area contributed by atoms with Crippen LogP contribution in [0.2, 0.25) is 0 Å². The van der Waals surface area contributed by atoms with Crippen molar-refractivity contribution in [3.63, 3.8) is 0 Å². The number of anilines is 1. The van der Waals surface area contributed by atoms with Crippen LogP contribution in [0.1, 0.15) is 17.3 Å². The second-order valence-corrected chi connectivity index (χ2v) is 4.16. The van der Waals surface area contributed by atoms with Gasteiger partial charge in [-0.05, 0) is 30.3 Å². The molecular formula is C13H13N3O4. The van der Waals surface area contributed by atoms with Crippen LogP contribution in [0.15, 0.2) is 36.4 Å². The first-order valence-electron chi connectivity index (χ1n) is 5.85. The molecule has 7 heteroatoms. The van der Waals surface area contributed by atoms with E-state index in [4.69, 9.17) is 0 Å². The Kier molecular flexibility index (Phi) is 3.81. The van der Waals surface area contributed by atoms with E-state index in [1.807, 2.05) is 0 Å². The lowest BCUT2D eigenvalue weighted by Crippen LogP contribution is -2.40. The summed E-state index contributed by atoms with van der Waals surface area (Å²) < 4.78 is 0. The van der Waals surface area contributed by atoms with Gasteiger partial charge >= 0.3 is 0 Å². The Morgan fingerprint density at radius 3 is 2.35 bits per heavy atom. The third kappa shape index (κ3) is 2.83. The van der Waals surface area contributed by atoms with E-state index in [0.717, 1.165) is 0 Å². The number of carbonyl (C=O) groups excluding carboxylic acids is 3. The molecule has 1 aromatic carbocycles. The number of benzene rings is 1. The summed E-state index contributed by atoms with van der Waals surface area (Å²) in [6, 6.07) is 6.06. The molecule has 7 nitrogen and oxygen atoms in total. The number of hydrogen-bond acceptors (Lipinski definition) is 4. The van der Waals surface area contributed by atoms with Gasteiger partial charge in [-0.2, -0.15) is 0 Å². The van der Waals surface area contributed by atoms with E-state index in [0.29, 0.717) is 11.3 Å². The molecule has 0 fully saturated rings. The summed E-state index contributed by atoms with van der Waals surface area (Å²) in [5.74, 6) is -1.18. The number of amides is 3. The van der Waals surface area contributed by atoms with Crippen LogP contribution in [0.4, 0.5) is 5.69 Å². The number of hydrazine groups is 1. The minimum Gasteiger partial charge on any atom is -0.369 e. The van der Waals surface area contributed by atoms with Crippen LogP contribution in [0.5, 0.6) is 0 Å². The Hall–Kier alpha value is -2.67. The smallest absolute Gasteiger partial charge is 0.269 e. The number of nitrogens with zero attached hydrogens (tertiary/aromatic N) is 1. The van der Waals surface area contributed by atoms with Crippen LogP contribution >= 0.6 is 0 Å². The fraction of sp³-hybridized carbons (Fsp3) is 0.154. The molecule has 1 aliphatic heterocycles. The highest BCUT2D eigenvalue weighted by molar-refractivity contribution is 6.05. The third-order valence-electron chi connectivity index (χ3n) is 2.67. The molecule has 3 amide bonds. The number of nitrogens with one attached hydrogen (secondary N) is 2. The van der Waals surface area contributed by atoms with E-state index in [1.165, 1.54) is 48.2 Å². The Morgan fingerprint density at radius 2 is 1.85 bits per heavy atom.